The number of rotatable bonds is 5. The molecule has 1 atom stereocenters. The zero-order chi connectivity index (χ0) is 12.1. The Balaban J connectivity index is 3.05. The van der Waals surface area contributed by atoms with E-state index >= 15 is 0 Å². The highest BCUT2D eigenvalue weighted by Crippen LogP contribution is 2.32. The largest absolute Gasteiger partial charge is 0.612 e. The molecule has 2 N–H and O–H groups in total. The van der Waals surface area contributed by atoms with Crippen molar-refractivity contribution in [2.24, 2.45) is 5.73 Å². The van der Waals surface area contributed by atoms with E-state index in [1.165, 1.54) is 0 Å². The molecule has 0 radical (unpaired) electrons. The van der Waals surface area contributed by atoms with Crippen molar-refractivity contribution in [1.29, 1.82) is 0 Å². The molecule has 0 heterocycles. The van der Waals surface area contributed by atoms with Gasteiger partial charge in [-0.15, -0.1) is 0 Å². The summed E-state index contributed by atoms with van der Waals surface area (Å²) in [4.78, 5) is 0.761. The van der Waals surface area contributed by atoms with E-state index in [0.717, 1.165) is 10.5 Å². The lowest BCUT2D eigenvalue weighted by molar-refractivity contribution is 0.301. The van der Waals surface area contributed by atoms with Crippen molar-refractivity contribution in [3.8, 4) is 11.5 Å². The van der Waals surface area contributed by atoms with E-state index in [1.807, 2.05) is 13.0 Å². The number of nitrogens with two attached hydrogens (primary N) is 1. The van der Waals surface area contributed by atoms with Crippen LogP contribution in [0.5, 0.6) is 11.5 Å². The van der Waals surface area contributed by atoms with Gasteiger partial charge in [-0.1, -0.05) is 0 Å². The summed E-state index contributed by atoms with van der Waals surface area (Å²) in [5.41, 5.74) is 6.29. The van der Waals surface area contributed by atoms with Gasteiger partial charge in [0, 0.05) is 18.2 Å². The van der Waals surface area contributed by atoms with Crippen LogP contribution in [-0.2, 0) is 11.2 Å². The first-order chi connectivity index (χ1) is 7.60. The van der Waals surface area contributed by atoms with E-state index in [-0.39, 0.29) is 0 Å². The second kappa shape index (κ2) is 5.98. The molecule has 1 aromatic carbocycles. The van der Waals surface area contributed by atoms with Crippen molar-refractivity contribution in [2.75, 3.05) is 26.5 Å². The van der Waals surface area contributed by atoms with Crippen LogP contribution in [-0.4, -0.2) is 31.1 Å². The average Bonchev–Trinajstić information content (AvgIpc) is 2.25. The molecule has 0 spiro atoms. The third-order valence-electron chi connectivity index (χ3n) is 2.15. The van der Waals surface area contributed by atoms with Gasteiger partial charge in [0.25, 0.3) is 0 Å². The SMILES string of the molecule is COc1cc([S+](C)[O-])c(C)cc1OCCN. The molecule has 5 heteroatoms. The third kappa shape index (κ3) is 3.04. The highest BCUT2D eigenvalue weighted by atomic mass is 32.2. The molecule has 1 unspecified atom stereocenters. The Labute approximate surface area is 98.9 Å². The Bertz CT molecular complexity index is 355. The monoisotopic (exact) mass is 243 g/mol. The van der Waals surface area contributed by atoms with Gasteiger partial charge in [0.2, 0.25) is 0 Å². The molecular formula is C11H17NO3S. The van der Waals surface area contributed by atoms with Gasteiger partial charge in [0.05, 0.1) is 7.11 Å². The summed E-state index contributed by atoms with van der Waals surface area (Å²) in [6.07, 6.45) is 1.64. The predicted octanol–water partition coefficient (Wildman–Crippen LogP) is 1.08. The van der Waals surface area contributed by atoms with Crippen molar-refractivity contribution in [1.82, 2.24) is 0 Å². The van der Waals surface area contributed by atoms with Crippen molar-refractivity contribution in [3.05, 3.63) is 17.7 Å². The van der Waals surface area contributed by atoms with Crippen LogP contribution >= 0.6 is 0 Å². The maximum Gasteiger partial charge on any atom is 0.165 e. The van der Waals surface area contributed by atoms with Gasteiger partial charge in [-0.3, -0.25) is 0 Å². The van der Waals surface area contributed by atoms with Gasteiger partial charge in [0.15, 0.2) is 16.4 Å². The van der Waals surface area contributed by atoms with Gasteiger partial charge in [-0.2, -0.15) is 0 Å². The molecule has 0 aromatic heterocycles. The van der Waals surface area contributed by atoms with Crippen LogP contribution < -0.4 is 15.2 Å². The Morgan fingerprint density at radius 1 is 1.38 bits per heavy atom. The van der Waals surface area contributed by atoms with Gasteiger partial charge in [-0.25, -0.2) is 0 Å². The Morgan fingerprint density at radius 3 is 2.56 bits per heavy atom. The molecule has 0 saturated heterocycles. The molecule has 0 aliphatic heterocycles. The number of methoxy groups -OCH3 is 1. The van der Waals surface area contributed by atoms with E-state index in [0.29, 0.717) is 24.7 Å². The molecule has 0 fully saturated rings. The minimum atomic E-state index is -1.03. The maximum absolute atomic E-state index is 11.5. The summed E-state index contributed by atoms with van der Waals surface area (Å²) in [5.74, 6) is 1.23. The van der Waals surface area contributed by atoms with Gasteiger partial charge in [0.1, 0.15) is 12.9 Å². The first kappa shape index (κ1) is 13.2. The summed E-state index contributed by atoms with van der Waals surface area (Å²) in [6, 6.07) is 3.57. The lowest BCUT2D eigenvalue weighted by Crippen LogP contribution is -2.11. The number of aryl methyl sites for hydroxylation is 1. The Morgan fingerprint density at radius 2 is 2.06 bits per heavy atom. The van der Waals surface area contributed by atoms with Crippen molar-refractivity contribution in [2.45, 2.75) is 11.8 Å². The number of hydrogen-bond acceptors (Lipinski definition) is 4. The predicted molar refractivity (Wildman–Crippen MR) is 64.6 cm³/mol. The van der Waals surface area contributed by atoms with Crippen molar-refractivity contribution < 1.29 is 14.0 Å². The molecule has 0 saturated carbocycles. The topological polar surface area (TPSA) is 67.5 Å². The quantitative estimate of drug-likeness (QED) is 0.786. The van der Waals surface area contributed by atoms with E-state index in [9.17, 15) is 4.55 Å². The lowest BCUT2D eigenvalue weighted by atomic mass is 10.2. The van der Waals surface area contributed by atoms with E-state index in [2.05, 4.69) is 0 Å². The average molecular weight is 243 g/mol. The zero-order valence-corrected chi connectivity index (χ0v) is 10.6. The molecule has 0 amide bonds. The van der Waals surface area contributed by atoms with E-state index < -0.39 is 11.2 Å². The maximum atomic E-state index is 11.5. The molecule has 0 bridgehead atoms. The second-order valence-electron chi connectivity index (χ2n) is 3.36. The van der Waals surface area contributed by atoms with Crippen LogP contribution in [0.1, 0.15) is 5.56 Å². The summed E-state index contributed by atoms with van der Waals surface area (Å²) >= 11 is -1.03. The molecular weight excluding hydrogens is 226 g/mol. The zero-order valence-electron chi connectivity index (χ0n) is 9.78. The highest BCUT2D eigenvalue weighted by Gasteiger charge is 2.15. The molecule has 1 aromatic rings. The van der Waals surface area contributed by atoms with E-state index in [4.69, 9.17) is 15.2 Å². The first-order valence-corrected chi connectivity index (χ1v) is 6.51. The number of ether oxygens (including phenoxy) is 2. The summed E-state index contributed by atoms with van der Waals surface area (Å²) in [5, 5.41) is 0. The first-order valence-electron chi connectivity index (χ1n) is 4.95. The van der Waals surface area contributed by atoms with E-state index in [1.54, 1.807) is 19.4 Å². The minimum absolute atomic E-state index is 0.435. The summed E-state index contributed by atoms with van der Waals surface area (Å²) in [7, 11) is 1.56. The fourth-order valence-corrected chi connectivity index (χ4v) is 2.18. The van der Waals surface area contributed by atoms with Crippen LogP contribution in [0, 0.1) is 6.92 Å². The number of benzene rings is 1. The van der Waals surface area contributed by atoms with Gasteiger partial charge < -0.3 is 19.8 Å². The molecule has 4 nitrogen and oxygen atoms in total. The Hall–Kier alpha value is -0.910. The second-order valence-corrected chi connectivity index (χ2v) is 4.71. The van der Waals surface area contributed by atoms with Crippen LogP contribution in [0.3, 0.4) is 0 Å². The molecule has 16 heavy (non-hydrogen) atoms. The highest BCUT2D eigenvalue weighted by molar-refractivity contribution is 7.90. The van der Waals surface area contributed by atoms with Crippen LogP contribution in [0.25, 0.3) is 0 Å². The summed E-state index contributed by atoms with van der Waals surface area (Å²) < 4.78 is 22.1. The molecule has 90 valence electrons. The molecule has 0 aliphatic rings. The fourth-order valence-electron chi connectivity index (χ4n) is 1.39. The van der Waals surface area contributed by atoms with Crippen molar-refractivity contribution in [3.63, 3.8) is 0 Å². The lowest BCUT2D eigenvalue weighted by Gasteiger charge is -2.14. The normalized spacial score (nSPS) is 12.3. The summed E-state index contributed by atoms with van der Waals surface area (Å²) in [6.45, 7) is 2.78. The minimum Gasteiger partial charge on any atom is -0.612 e. The van der Waals surface area contributed by atoms with Crippen LogP contribution in [0.2, 0.25) is 0 Å². The fraction of sp³-hybridized carbons (Fsp3) is 0.455. The Kier molecular flexibility index (Phi) is 4.92. The molecule has 0 aliphatic carbocycles. The van der Waals surface area contributed by atoms with Crippen LogP contribution in [0.15, 0.2) is 17.0 Å². The third-order valence-corrected chi connectivity index (χ3v) is 3.21. The molecule has 1 rings (SSSR count). The van der Waals surface area contributed by atoms with Crippen molar-refractivity contribution >= 4 is 11.2 Å². The number of hydrogen-bond donors (Lipinski definition) is 1. The standard InChI is InChI=1S/C11H17NO3S/c1-8-6-10(15-5-4-12)9(14-2)7-11(8)16(3)13/h6-7H,4-5,12H2,1-3H3. The van der Waals surface area contributed by atoms with Gasteiger partial charge >= 0.3 is 0 Å². The van der Waals surface area contributed by atoms with Crippen LogP contribution in [0.4, 0.5) is 0 Å². The van der Waals surface area contributed by atoms with Gasteiger partial charge in [-0.05, 0) is 24.2 Å². The smallest absolute Gasteiger partial charge is 0.165 e.